The summed E-state index contributed by atoms with van der Waals surface area (Å²) in [4.78, 5) is 29.6. The number of hydrazone groups is 1. The highest BCUT2D eigenvalue weighted by Gasteiger charge is 2.34. The number of pyridine rings is 1. The molecule has 1 atom stereocenters. The van der Waals surface area contributed by atoms with E-state index in [1.165, 1.54) is 12.1 Å². The number of aromatic nitrogens is 1. The zero-order chi connectivity index (χ0) is 23.9. The molecule has 4 rings (SSSR count). The topological polar surface area (TPSA) is 93.1 Å². The molecule has 1 aromatic heterocycles. The van der Waals surface area contributed by atoms with Gasteiger partial charge in [-0.3, -0.25) is 15.1 Å². The van der Waals surface area contributed by atoms with Crippen molar-refractivity contribution in [3.63, 3.8) is 0 Å². The predicted molar refractivity (Wildman–Crippen MR) is 129 cm³/mol. The maximum absolute atomic E-state index is 13.3. The number of rotatable bonds is 7. The van der Waals surface area contributed by atoms with Crippen molar-refractivity contribution < 1.29 is 19.1 Å². The highest BCUT2D eigenvalue weighted by Crippen LogP contribution is 2.33. The van der Waals surface area contributed by atoms with Gasteiger partial charge >= 0.3 is 6.09 Å². The van der Waals surface area contributed by atoms with Crippen molar-refractivity contribution in [2.24, 2.45) is 5.10 Å². The maximum Gasteiger partial charge on any atom is 0.411 e. The fourth-order valence-corrected chi connectivity index (χ4v) is 3.55. The summed E-state index contributed by atoms with van der Waals surface area (Å²) >= 11 is 0. The Kier molecular flexibility index (Phi) is 7.34. The Balaban J connectivity index is 1.54. The van der Waals surface area contributed by atoms with Crippen molar-refractivity contribution in [3.8, 4) is 0 Å². The van der Waals surface area contributed by atoms with Crippen LogP contribution in [0.2, 0.25) is 0 Å². The summed E-state index contributed by atoms with van der Waals surface area (Å²) in [7, 11) is 7.30. The van der Waals surface area contributed by atoms with Gasteiger partial charge in [-0.25, -0.2) is 9.80 Å². The maximum atomic E-state index is 13.3. The lowest BCUT2D eigenvalue weighted by Crippen LogP contribution is -2.27. The molecule has 0 saturated heterocycles. The molecule has 0 spiro atoms. The number of hydrogen-bond acceptors (Lipinski definition) is 6. The van der Waals surface area contributed by atoms with E-state index in [2.05, 4.69) is 15.4 Å². The number of carbonyl (C=O) groups excluding carboxylic acids is 2. The SMILES string of the molecule is [B]c1ccc(C(=O)N2N=C(c3ccc(NC(=O)OCCOC)cc3)CC2c2ccccn2)cc1. The quantitative estimate of drug-likeness (QED) is 0.438. The molecule has 0 bridgehead atoms. The first kappa shape index (κ1) is 23.2. The van der Waals surface area contributed by atoms with Crippen LogP contribution >= 0.6 is 0 Å². The number of carbonyl (C=O) groups is 2. The summed E-state index contributed by atoms with van der Waals surface area (Å²) in [5.74, 6) is -0.234. The third kappa shape index (κ3) is 5.50. The highest BCUT2D eigenvalue weighted by molar-refractivity contribution is 6.32. The number of ether oxygens (including phenoxy) is 2. The van der Waals surface area contributed by atoms with E-state index < -0.39 is 6.09 Å². The van der Waals surface area contributed by atoms with Gasteiger partial charge in [-0.05, 0) is 42.0 Å². The van der Waals surface area contributed by atoms with Crippen LogP contribution in [0, 0.1) is 0 Å². The van der Waals surface area contributed by atoms with Gasteiger partial charge in [0, 0.05) is 31.0 Å². The van der Waals surface area contributed by atoms with Crippen LogP contribution in [-0.2, 0) is 9.47 Å². The van der Waals surface area contributed by atoms with E-state index in [1.54, 1.807) is 42.6 Å². The van der Waals surface area contributed by atoms with Gasteiger partial charge in [-0.1, -0.05) is 35.8 Å². The zero-order valence-corrected chi connectivity index (χ0v) is 18.7. The van der Waals surface area contributed by atoms with E-state index in [1.807, 2.05) is 30.3 Å². The molecule has 0 aliphatic carbocycles. The lowest BCUT2D eigenvalue weighted by Gasteiger charge is -2.21. The molecule has 0 fully saturated rings. The molecule has 34 heavy (non-hydrogen) atoms. The summed E-state index contributed by atoms with van der Waals surface area (Å²) in [6, 6.07) is 19.2. The number of amides is 2. The Labute approximate surface area is 199 Å². The summed E-state index contributed by atoms with van der Waals surface area (Å²) in [6.45, 7) is 0.499. The van der Waals surface area contributed by atoms with Gasteiger partial charge in [0.25, 0.3) is 5.91 Å². The zero-order valence-electron chi connectivity index (χ0n) is 18.7. The predicted octanol–water partition coefficient (Wildman–Crippen LogP) is 3.06. The molecule has 2 radical (unpaired) electrons. The van der Waals surface area contributed by atoms with Gasteiger partial charge in [-0.15, -0.1) is 0 Å². The molecule has 3 aromatic rings. The molecule has 8 nitrogen and oxygen atoms in total. The van der Waals surface area contributed by atoms with Gasteiger partial charge in [-0.2, -0.15) is 5.10 Å². The van der Waals surface area contributed by atoms with Crippen molar-refractivity contribution in [2.75, 3.05) is 25.6 Å². The molecule has 2 aromatic carbocycles. The molecule has 1 unspecified atom stereocenters. The molecule has 1 aliphatic rings. The summed E-state index contributed by atoms with van der Waals surface area (Å²) < 4.78 is 9.87. The molecule has 1 aliphatic heterocycles. The third-order valence-electron chi connectivity index (χ3n) is 5.29. The monoisotopic (exact) mass is 454 g/mol. The Morgan fingerprint density at radius 1 is 1.06 bits per heavy atom. The van der Waals surface area contributed by atoms with E-state index in [0.717, 1.165) is 17.0 Å². The molecule has 9 heteroatoms. The van der Waals surface area contributed by atoms with E-state index in [0.29, 0.717) is 29.7 Å². The van der Waals surface area contributed by atoms with Crippen LogP contribution < -0.4 is 10.8 Å². The van der Waals surface area contributed by atoms with Gasteiger partial charge in [0.2, 0.25) is 0 Å². The largest absolute Gasteiger partial charge is 0.447 e. The number of nitrogens with zero attached hydrogens (tertiary/aromatic N) is 3. The number of benzene rings is 2. The summed E-state index contributed by atoms with van der Waals surface area (Å²) in [5, 5.41) is 8.80. The molecular formula is C25H23BN4O4. The van der Waals surface area contributed by atoms with Crippen LogP contribution in [0.25, 0.3) is 0 Å². The lowest BCUT2D eigenvalue weighted by atomic mass is 9.95. The van der Waals surface area contributed by atoms with Gasteiger partial charge in [0.15, 0.2) is 0 Å². The smallest absolute Gasteiger partial charge is 0.411 e. The van der Waals surface area contributed by atoms with E-state index >= 15 is 0 Å². The van der Waals surface area contributed by atoms with Crippen LogP contribution in [-0.4, -0.2) is 55.9 Å². The standard InChI is InChI=1S/C25H23BN4O4/c1-33-14-15-34-25(32)28-20-11-7-17(8-12-20)22-16-23(21-4-2-3-13-27-21)30(29-22)24(31)18-5-9-19(26)10-6-18/h2-13,23H,14-16H2,1H3,(H,28,32). The van der Waals surface area contributed by atoms with Crippen molar-refractivity contribution in [1.82, 2.24) is 9.99 Å². The first-order valence-electron chi connectivity index (χ1n) is 10.8. The minimum atomic E-state index is -0.557. The van der Waals surface area contributed by atoms with Crippen LogP contribution in [0.1, 0.15) is 34.1 Å². The van der Waals surface area contributed by atoms with E-state index in [9.17, 15) is 9.59 Å². The Bertz CT molecular complexity index is 1170. The van der Waals surface area contributed by atoms with Crippen molar-refractivity contribution in [2.45, 2.75) is 12.5 Å². The average molecular weight is 454 g/mol. The Morgan fingerprint density at radius 2 is 1.82 bits per heavy atom. The second-order valence-corrected chi connectivity index (χ2v) is 7.62. The van der Waals surface area contributed by atoms with Crippen molar-refractivity contribution >= 4 is 36.7 Å². The van der Waals surface area contributed by atoms with Crippen molar-refractivity contribution in [1.29, 1.82) is 0 Å². The third-order valence-corrected chi connectivity index (χ3v) is 5.29. The Morgan fingerprint density at radius 3 is 2.50 bits per heavy atom. The Hall–Kier alpha value is -3.98. The van der Waals surface area contributed by atoms with Crippen LogP contribution in [0.3, 0.4) is 0 Å². The molecular weight excluding hydrogens is 431 g/mol. The second-order valence-electron chi connectivity index (χ2n) is 7.62. The number of hydrogen-bond donors (Lipinski definition) is 1. The van der Waals surface area contributed by atoms with Crippen LogP contribution in [0.4, 0.5) is 10.5 Å². The normalized spacial score (nSPS) is 15.0. The molecule has 2 heterocycles. The number of nitrogens with one attached hydrogen (secondary N) is 1. The van der Waals surface area contributed by atoms with Crippen LogP contribution in [0.15, 0.2) is 78.0 Å². The fourth-order valence-electron chi connectivity index (χ4n) is 3.55. The van der Waals surface area contributed by atoms with Gasteiger partial charge in [0.05, 0.1) is 18.0 Å². The fraction of sp³-hybridized carbons (Fsp3) is 0.200. The van der Waals surface area contributed by atoms with E-state index in [4.69, 9.17) is 17.3 Å². The van der Waals surface area contributed by atoms with Crippen molar-refractivity contribution in [3.05, 3.63) is 89.7 Å². The summed E-state index contributed by atoms with van der Waals surface area (Å²) in [5.41, 5.74) is 4.00. The number of anilines is 1. The minimum absolute atomic E-state index is 0.171. The first-order valence-corrected chi connectivity index (χ1v) is 10.8. The molecule has 170 valence electrons. The lowest BCUT2D eigenvalue weighted by molar-refractivity contribution is 0.0708. The second kappa shape index (κ2) is 10.8. The van der Waals surface area contributed by atoms with Gasteiger partial charge < -0.3 is 9.47 Å². The number of methoxy groups -OCH3 is 1. The first-order chi connectivity index (χ1) is 16.5. The molecule has 0 saturated carbocycles. The highest BCUT2D eigenvalue weighted by atomic mass is 16.6. The van der Waals surface area contributed by atoms with E-state index in [-0.39, 0.29) is 18.6 Å². The minimum Gasteiger partial charge on any atom is -0.447 e. The average Bonchev–Trinajstić information content (AvgIpc) is 3.31. The van der Waals surface area contributed by atoms with Gasteiger partial charge in [0.1, 0.15) is 20.5 Å². The molecule has 1 N–H and O–H groups in total. The molecule has 2 amide bonds. The summed E-state index contributed by atoms with van der Waals surface area (Å²) in [6.07, 6.45) is 1.65. The van der Waals surface area contributed by atoms with Crippen LogP contribution in [0.5, 0.6) is 0 Å².